The van der Waals surface area contributed by atoms with Crippen molar-refractivity contribution in [1.29, 1.82) is 0 Å². The van der Waals surface area contributed by atoms with Crippen molar-refractivity contribution in [2.24, 2.45) is 11.8 Å². The van der Waals surface area contributed by atoms with Gasteiger partial charge >= 0.3 is 23.1 Å². The zero-order valence-electron chi connectivity index (χ0n) is 15.4. The Hall–Kier alpha value is 1.42. The van der Waals surface area contributed by atoms with E-state index in [9.17, 15) is 0 Å². The molecule has 0 heterocycles. The topological polar surface area (TPSA) is 18.5 Å². The second kappa shape index (κ2) is 22.4. The molecule has 0 N–H and O–H groups in total. The molecule has 4 heteroatoms. The molecule has 0 aromatic rings. The first-order valence-corrected chi connectivity index (χ1v) is 8.64. The summed E-state index contributed by atoms with van der Waals surface area (Å²) in [6, 6.07) is 0. The van der Waals surface area contributed by atoms with E-state index in [2.05, 4.69) is 34.1 Å². The number of halogens is 1. The summed E-state index contributed by atoms with van der Waals surface area (Å²) in [5, 5.41) is 0. The maximum Gasteiger partial charge on any atom is 2.00 e. The average Bonchev–Trinajstić information content (AvgIpc) is 2.41. The van der Waals surface area contributed by atoms with Crippen LogP contribution in [0.5, 0.6) is 0 Å². The molecule has 0 aliphatic heterocycles. The van der Waals surface area contributed by atoms with Crippen LogP contribution in [-0.4, -0.2) is 43.1 Å². The van der Waals surface area contributed by atoms with Crippen molar-refractivity contribution in [2.45, 2.75) is 79.1 Å². The molecular formula is C18H37IMgO2. The summed E-state index contributed by atoms with van der Waals surface area (Å²) in [7, 11) is 0. The van der Waals surface area contributed by atoms with E-state index in [-0.39, 0.29) is 47.0 Å². The molecule has 0 aromatic carbocycles. The smallest absolute Gasteiger partial charge is 1.00 e. The van der Waals surface area contributed by atoms with E-state index in [1.165, 1.54) is 44.9 Å². The normalized spacial score (nSPS) is 13.1. The van der Waals surface area contributed by atoms with Crippen LogP contribution in [0, 0.1) is 18.3 Å². The Labute approximate surface area is 173 Å². The van der Waals surface area contributed by atoms with Crippen LogP contribution < -0.4 is 24.0 Å². The Balaban J connectivity index is -0.00000180. The molecular weight excluding hydrogens is 399 g/mol. The molecule has 0 fully saturated rings. The van der Waals surface area contributed by atoms with Crippen LogP contribution in [0.4, 0.5) is 0 Å². The molecule has 0 saturated heterocycles. The van der Waals surface area contributed by atoms with Crippen molar-refractivity contribution in [1.82, 2.24) is 0 Å². The summed E-state index contributed by atoms with van der Waals surface area (Å²) in [6.07, 6.45) is 12.3. The summed E-state index contributed by atoms with van der Waals surface area (Å²) in [5.74, 6) is 1.63. The van der Waals surface area contributed by atoms with Crippen LogP contribution in [0.25, 0.3) is 0 Å². The Morgan fingerprint density at radius 1 is 0.909 bits per heavy atom. The van der Waals surface area contributed by atoms with Gasteiger partial charge in [-0.2, -0.15) is 13.3 Å². The average molecular weight is 437 g/mol. The van der Waals surface area contributed by atoms with Gasteiger partial charge in [0.05, 0.1) is 0 Å². The molecule has 2 unspecified atom stereocenters. The van der Waals surface area contributed by atoms with E-state index < -0.39 is 0 Å². The van der Waals surface area contributed by atoms with Crippen LogP contribution in [0.1, 0.15) is 79.1 Å². The molecule has 0 bridgehead atoms. The second-order valence-corrected chi connectivity index (χ2v) is 6.23. The fourth-order valence-electron chi connectivity index (χ4n) is 2.64. The number of rotatable bonds is 15. The first-order valence-electron chi connectivity index (χ1n) is 8.64. The minimum atomic E-state index is 0. The predicted octanol–water partition coefficient (Wildman–Crippen LogP) is 2.24. The fourth-order valence-corrected chi connectivity index (χ4v) is 2.64. The minimum absolute atomic E-state index is 0. The molecule has 2 atom stereocenters. The van der Waals surface area contributed by atoms with E-state index in [1.807, 2.05) is 0 Å². The summed E-state index contributed by atoms with van der Waals surface area (Å²) in [6.45, 7) is 11.2. The molecule has 0 aliphatic rings. The Morgan fingerprint density at radius 3 is 2.14 bits per heavy atom. The van der Waals surface area contributed by atoms with Crippen molar-refractivity contribution in [3.05, 3.63) is 6.42 Å². The Kier molecular flexibility index (Phi) is 28.8. The van der Waals surface area contributed by atoms with Gasteiger partial charge in [0.2, 0.25) is 0 Å². The molecule has 0 radical (unpaired) electrons. The predicted molar refractivity (Wildman–Crippen MR) is 93.4 cm³/mol. The quantitative estimate of drug-likeness (QED) is 0.129. The van der Waals surface area contributed by atoms with E-state index in [4.69, 9.17) is 9.47 Å². The summed E-state index contributed by atoms with van der Waals surface area (Å²) >= 11 is 0. The van der Waals surface area contributed by atoms with Gasteiger partial charge in [0.15, 0.2) is 0 Å². The summed E-state index contributed by atoms with van der Waals surface area (Å²) in [4.78, 5) is 0. The standard InChI is InChI=1S/C18H37O2.HI.Mg/c1-5-7-8-9-13-19-16-20-14-10-12-18(4)15-17(3)11-6-2;;/h6,17-18H,5,7-16H2,1-4H3;1H;/q-1;;+2/p-1. The SMILES string of the molecule is C[CH-]CC(C)CC(C)CCCOCOCCCCCC.[I-].[Mg+2]. The van der Waals surface area contributed by atoms with Gasteiger partial charge < -0.3 is 39.9 Å². The summed E-state index contributed by atoms with van der Waals surface area (Å²) in [5.41, 5.74) is 0. The number of hydrogen-bond donors (Lipinski definition) is 0. The van der Waals surface area contributed by atoms with Gasteiger partial charge in [0.1, 0.15) is 6.79 Å². The minimum Gasteiger partial charge on any atom is -1.00 e. The van der Waals surface area contributed by atoms with Crippen molar-refractivity contribution in [3.63, 3.8) is 0 Å². The summed E-state index contributed by atoms with van der Waals surface area (Å²) < 4.78 is 11.0. The molecule has 0 saturated carbocycles. The fraction of sp³-hybridized carbons (Fsp3) is 0.944. The van der Waals surface area contributed by atoms with Gasteiger partial charge in [0, 0.05) is 13.2 Å². The molecule has 22 heavy (non-hydrogen) atoms. The first kappa shape index (κ1) is 28.2. The molecule has 0 rings (SSSR count). The van der Waals surface area contributed by atoms with Crippen molar-refractivity contribution >= 4 is 23.1 Å². The van der Waals surface area contributed by atoms with E-state index in [0.29, 0.717) is 6.79 Å². The zero-order valence-corrected chi connectivity index (χ0v) is 19.0. The Morgan fingerprint density at radius 2 is 1.55 bits per heavy atom. The monoisotopic (exact) mass is 436 g/mol. The molecule has 0 amide bonds. The number of unbranched alkanes of at least 4 members (excludes halogenated alkanes) is 3. The van der Waals surface area contributed by atoms with Gasteiger partial charge in [-0.25, -0.2) is 0 Å². The maximum absolute atomic E-state index is 5.51. The number of ether oxygens (including phenoxy) is 2. The van der Waals surface area contributed by atoms with Gasteiger partial charge in [-0.15, -0.1) is 0 Å². The van der Waals surface area contributed by atoms with Gasteiger partial charge in [-0.3, -0.25) is 0 Å². The van der Waals surface area contributed by atoms with Crippen LogP contribution in [0.15, 0.2) is 0 Å². The molecule has 0 spiro atoms. The largest absolute Gasteiger partial charge is 2.00 e. The third-order valence-corrected chi connectivity index (χ3v) is 3.74. The first-order chi connectivity index (χ1) is 9.70. The van der Waals surface area contributed by atoms with Crippen LogP contribution in [-0.2, 0) is 9.47 Å². The van der Waals surface area contributed by atoms with Crippen LogP contribution >= 0.6 is 0 Å². The maximum atomic E-state index is 5.51. The van der Waals surface area contributed by atoms with Crippen molar-refractivity contribution < 1.29 is 33.5 Å². The van der Waals surface area contributed by atoms with E-state index in [0.717, 1.165) is 31.5 Å². The third kappa shape index (κ3) is 21.4. The third-order valence-electron chi connectivity index (χ3n) is 3.74. The molecule has 2 nitrogen and oxygen atoms in total. The van der Waals surface area contributed by atoms with E-state index >= 15 is 0 Å². The van der Waals surface area contributed by atoms with Gasteiger partial charge in [0.25, 0.3) is 0 Å². The van der Waals surface area contributed by atoms with Gasteiger partial charge in [-0.1, -0.05) is 52.4 Å². The number of hydrogen-bond acceptors (Lipinski definition) is 2. The second-order valence-electron chi connectivity index (χ2n) is 6.23. The van der Waals surface area contributed by atoms with Crippen molar-refractivity contribution in [2.75, 3.05) is 20.0 Å². The van der Waals surface area contributed by atoms with Crippen LogP contribution in [0.3, 0.4) is 0 Å². The van der Waals surface area contributed by atoms with Crippen LogP contribution in [0.2, 0.25) is 0 Å². The van der Waals surface area contributed by atoms with Crippen molar-refractivity contribution in [3.8, 4) is 0 Å². The zero-order chi connectivity index (χ0) is 15.1. The Bertz CT molecular complexity index is 194. The van der Waals surface area contributed by atoms with Gasteiger partial charge in [-0.05, 0) is 25.2 Å². The molecule has 0 aromatic heterocycles. The molecule has 130 valence electrons. The molecule has 0 aliphatic carbocycles. The van der Waals surface area contributed by atoms with E-state index in [1.54, 1.807) is 0 Å².